The molecule has 0 aromatic rings. The summed E-state index contributed by atoms with van der Waals surface area (Å²) in [5.74, 6) is -0.0407. The Hall–Kier alpha value is -0.940. The highest BCUT2D eigenvalue weighted by molar-refractivity contribution is 6.05. The Balaban J connectivity index is 1.86. The fourth-order valence-corrected chi connectivity index (χ4v) is 2.03. The third-order valence-electron chi connectivity index (χ3n) is 2.83. The lowest BCUT2D eigenvalue weighted by Gasteiger charge is -2.32. The number of rotatable bonds is 2. The van der Waals surface area contributed by atoms with Gasteiger partial charge in [-0.1, -0.05) is 0 Å². The molecule has 0 bridgehead atoms. The number of ether oxygens (including phenoxy) is 1. The molecular weight excluding hydrogens is 196 g/mol. The van der Waals surface area contributed by atoms with Crippen LogP contribution in [0.15, 0.2) is 0 Å². The van der Waals surface area contributed by atoms with E-state index in [9.17, 15) is 9.59 Å². The summed E-state index contributed by atoms with van der Waals surface area (Å²) >= 11 is 0. The van der Waals surface area contributed by atoms with Gasteiger partial charge in [-0.3, -0.25) is 9.59 Å². The molecule has 0 aromatic carbocycles. The normalized spacial score (nSPS) is 28.9. The smallest absolute Gasteiger partial charge is 0.230 e. The van der Waals surface area contributed by atoms with Gasteiger partial charge in [0.2, 0.25) is 5.91 Å². The summed E-state index contributed by atoms with van der Waals surface area (Å²) in [6, 6.07) is 0. The van der Waals surface area contributed by atoms with Gasteiger partial charge in [-0.2, -0.15) is 0 Å². The van der Waals surface area contributed by atoms with E-state index >= 15 is 0 Å². The first-order valence-corrected chi connectivity index (χ1v) is 5.25. The van der Waals surface area contributed by atoms with E-state index < -0.39 is 0 Å². The number of Topliss-reactive ketones (excluding diaryl/α,β-unsaturated/α-hetero) is 1. The summed E-state index contributed by atoms with van der Waals surface area (Å²) < 4.78 is 5.55. The zero-order valence-corrected chi connectivity index (χ0v) is 8.94. The Morgan fingerprint density at radius 3 is 2.87 bits per heavy atom. The van der Waals surface area contributed by atoms with Crippen LogP contribution in [0, 0.1) is 0 Å². The second-order valence-electron chi connectivity index (χ2n) is 4.24. The average Bonchev–Trinajstić information content (AvgIpc) is 2.45. The fourth-order valence-electron chi connectivity index (χ4n) is 2.03. The maximum atomic E-state index is 11.4. The summed E-state index contributed by atoms with van der Waals surface area (Å²) in [6.45, 7) is 3.29. The molecule has 0 radical (unpaired) electrons. The second-order valence-corrected chi connectivity index (χ2v) is 4.24. The molecule has 0 spiro atoms. The Morgan fingerprint density at radius 1 is 1.47 bits per heavy atom. The number of morpholine rings is 1. The van der Waals surface area contributed by atoms with Crippen molar-refractivity contribution >= 4 is 11.7 Å². The molecule has 2 aliphatic heterocycles. The molecule has 15 heavy (non-hydrogen) atoms. The van der Waals surface area contributed by atoms with Crippen molar-refractivity contribution in [2.24, 2.45) is 0 Å². The Bertz CT molecular complexity index is 280. The zero-order chi connectivity index (χ0) is 10.8. The van der Waals surface area contributed by atoms with E-state index in [1.807, 2.05) is 7.05 Å². The molecule has 2 rings (SSSR count). The molecule has 5 nitrogen and oxygen atoms in total. The van der Waals surface area contributed by atoms with Crippen molar-refractivity contribution < 1.29 is 14.3 Å². The van der Waals surface area contributed by atoms with E-state index in [-0.39, 0.29) is 30.8 Å². The first-order valence-electron chi connectivity index (χ1n) is 5.25. The summed E-state index contributed by atoms with van der Waals surface area (Å²) in [5, 5.41) is 0. The number of likely N-dealkylation sites (N-methyl/N-ethyl adjacent to an activating group) is 1. The lowest BCUT2D eigenvalue weighted by atomic mass is 10.2. The fraction of sp³-hybridized carbons (Fsp3) is 0.800. The van der Waals surface area contributed by atoms with Crippen molar-refractivity contribution in [1.82, 2.24) is 9.80 Å². The molecule has 5 heteroatoms. The molecule has 1 unspecified atom stereocenters. The van der Waals surface area contributed by atoms with Gasteiger partial charge in [0.1, 0.15) is 0 Å². The van der Waals surface area contributed by atoms with Crippen LogP contribution < -0.4 is 0 Å². The monoisotopic (exact) mass is 212 g/mol. The highest BCUT2D eigenvalue weighted by atomic mass is 16.5. The quantitative estimate of drug-likeness (QED) is 0.558. The molecule has 1 amide bonds. The molecule has 0 aliphatic carbocycles. The molecule has 84 valence electrons. The van der Waals surface area contributed by atoms with Gasteiger partial charge in [-0.15, -0.1) is 0 Å². The number of ketones is 1. The summed E-state index contributed by atoms with van der Waals surface area (Å²) in [6.07, 6.45) is 0.126. The van der Waals surface area contributed by atoms with Crippen molar-refractivity contribution in [3.8, 4) is 0 Å². The third-order valence-corrected chi connectivity index (χ3v) is 2.83. The Kier molecular flexibility index (Phi) is 3.02. The van der Waals surface area contributed by atoms with Gasteiger partial charge in [0.25, 0.3) is 0 Å². The SMILES string of the molecule is CN1CCOC(CN2CC(=O)CC2=O)C1. The standard InChI is InChI=1S/C10H16N2O3/c1-11-2-3-15-9(6-11)7-12-5-8(13)4-10(12)14/h9H,2-7H2,1H3. The van der Waals surface area contributed by atoms with Crippen LogP contribution in [0.1, 0.15) is 6.42 Å². The van der Waals surface area contributed by atoms with Gasteiger partial charge in [0.15, 0.2) is 5.78 Å². The van der Waals surface area contributed by atoms with Gasteiger partial charge in [0.05, 0.1) is 25.7 Å². The average molecular weight is 212 g/mol. The van der Waals surface area contributed by atoms with Crippen molar-refractivity contribution in [1.29, 1.82) is 0 Å². The molecular formula is C10H16N2O3. The molecule has 2 saturated heterocycles. The van der Waals surface area contributed by atoms with Crippen LogP contribution in [0.3, 0.4) is 0 Å². The number of likely N-dealkylation sites (tertiary alicyclic amines) is 1. The maximum Gasteiger partial charge on any atom is 0.230 e. The van der Waals surface area contributed by atoms with Crippen LogP contribution in [-0.2, 0) is 14.3 Å². The molecule has 0 aromatic heterocycles. The van der Waals surface area contributed by atoms with E-state index in [4.69, 9.17) is 4.74 Å². The summed E-state index contributed by atoms with van der Waals surface area (Å²) in [7, 11) is 2.03. The van der Waals surface area contributed by atoms with Crippen molar-refractivity contribution in [3.05, 3.63) is 0 Å². The number of nitrogens with zero attached hydrogens (tertiary/aromatic N) is 2. The second kappa shape index (κ2) is 4.28. The van der Waals surface area contributed by atoms with E-state index in [1.54, 1.807) is 4.90 Å². The number of hydrogen-bond donors (Lipinski definition) is 0. The molecule has 2 fully saturated rings. The van der Waals surface area contributed by atoms with E-state index in [1.165, 1.54) is 0 Å². The van der Waals surface area contributed by atoms with Crippen LogP contribution in [-0.4, -0.2) is 67.4 Å². The van der Waals surface area contributed by atoms with Crippen LogP contribution >= 0.6 is 0 Å². The molecule has 2 heterocycles. The van der Waals surface area contributed by atoms with Crippen LogP contribution in [0.2, 0.25) is 0 Å². The van der Waals surface area contributed by atoms with Gasteiger partial charge in [-0.25, -0.2) is 0 Å². The lowest BCUT2D eigenvalue weighted by molar-refractivity contribution is -0.130. The van der Waals surface area contributed by atoms with E-state index in [0.717, 1.165) is 13.1 Å². The van der Waals surface area contributed by atoms with Gasteiger partial charge >= 0.3 is 0 Å². The summed E-state index contributed by atoms with van der Waals surface area (Å²) in [5.41, 5.74) is 0. The zero-order valence-electron chi connectivity index (χ0n) is 8.94. The predicted octanol–water partition coefficient (Wildman–Crippen LogP) is -0.882. The molecule has 1 atom stereocenters. The predicted molar refractivity (Wildman–Crippen MR) is 53.4 cm³/mol. The highest BCUT2D eigenvalue weighted by Crippen LogP contribution is 2.11. The van der Waals surface area contributed by atoms with E-state index in [0.29, 0.717) is 13.2 Å². The largest absolute Gasteiger partial charge is 0.374 e. The topological polar surface area (TPSA) is 49.9 Å². The summed E-state index contributed by atoms with van der Waals surface area (Å²) in [4.78, 5) is 26.2. The molecule has 0 N–H and O–H groups in total. The van der Waals surface area contributed by atoms with Crippen molar-refractivity contribution in [2.45, 2.75) is 12.5 Å². The minimum Gasteiger partial charge on any atom is -0.374 e. The first kappa shape index (κ1) is 10.6. The molecule has 0 saturated carbocycles. The number of carbonyl (C=O) groups is 2. The van der Waals surface area contributed by atoms with Crippen LogP contribution in [0.25, 0.3) is 0 Å². The maximum absolute atomic E-state index is 11.4. The first-order chi connectivity index (χ1) is 7.15. The minimum absolute atomic E-state index is 0.0177. The lowest BCUT2D eigenvalue weighted by Crippen LogP contribution is -2.46. The number of hydrogen-bond acceptors (Lipinski definition) is 4. The minimum atomic E-state index is -0.0585. The number of amides is 1. The van der Waals surface area contributed by atoms with Crippen LogP contribution in [0.5, 0.6) is 0 Å². The van der Waals surface area contributed by atoms with Gasteiger partial charge < -0.3 is 14.5 Å². The molecule has 2 aliphatic rings. The number of carbonyl (C=O) groups excluding carboxylic acids is 2. The Labute approximate surface area is 89.0 Å². The highest BCUT2D eigenvalue weighted by Gasteiger charge is 2.30. The van der Waals surface area contributed by atoms with Gasteiger partial charge in [0, 0.05) is 19.6 Å². The van der Waals surface area contributed by atoms with Crippen molar-refractivity contribution in [2.75, 3.05) is 39.8 Å². The van der Waals surface area contributed by atoms with Gasteiger partial charge in [-0.05, 0) is 7.05 Å². The Morgan fingerprint density at radius 2 is 2.27 bits per heavy atom. The third kappa shape index (κ3) is 2.54. The van der Waals surface area contributed by atoms with Crippen LogP contribution in [0.4, 0.5) is 0 Å². The van der Waals surface area contributed by atoms with Crippen molar-refractivity contribution in [3.63, 3.8) is 0 Å². The van der Waals surface area contributed by atoms with E-state index in [2.05, 4.69) is 4.90 Å².